The molecule has 1 aliphatic rings. The van der Waals surface area contributed by atoms with Gasteiger partial charge in [0, 0.05) is 29.9 Å². The fourth-order valence-corrected chi connectivity index (χ4v) is 2.52. The van der Waals surface area contributed by atoms with Crippen molar-refractivity contribution in [2.75, 3.05) is 0 Å². The highest BCUT2D eigenvalue weighted by Gasteiger charge is 2.26. The van der Waals surface area contributed by atoms with Gasteiger partial charge < -0.3 is 4.57 Å². The summed E-state index contributed by atoms with van der Waals surface area (Å²) in [7, 11) is 0. The van der Waals surface area contributed by atoms with Gasteiger partial charge in [-0.15, -0.1) is 0 Å². The van der Waals surface area contributed by atoms with Crippen LogP contribution < -0.4 is 0 Å². The van der Waals surface area contributed by atoms with Crippen LogP contribution in [0.25, 0.3) is 10.9 Å². The molecule has 0 saturated heterocycles. The second-order valence-electron chi connectivity index (χ2n) is 5.06. The van der Waals surface area contributed by atoms with Crippen molar-refractivity contribution >= 4 is 10.9 Å². The lowest BCUT2D eigenvalue weighted by atomic mass is 10.1. The molecule has 1 fully saturated rings. The fraction of sp³-hybridized carbons (Fsp3) is 0.267. The molecule has 89 valence electrons. The second kappa shape index (κ2) is 3.73. The molecule has 0 spiro atoms. The Balaban J connectivity index is 1.68. The second-order valence-corrected chi connectivity index (χ2v) is 5.06. The van der Waals surface area contributed by atoms with Crippen LogP contribution in [-0.4, -0.2) is 14.8 Å². The molecule has 4 rings (SSSR count). The number of aromatic amines is 1. The maximum Gasteiger partial charge on any atom is 0.0653 e. The first kappa shape index (κ1) is 9.95. The van der Waals surface area contributed by atoms with E-state index in [0.29, 0.717) is 0 Å². The van der Waals surface area contributed by atoms with Gasteiger partial charge in [0.25, 0.3) is 0 Å². The molecule has 3 nitrogen and oxygen atoms in total. The van der Waals surface area contributed by atoms with E-state index in [9.17, 15) is 0 Å². The first-order chi connectivity index (χ1) is 8.90. The Morgan fingerprint density at radius 1 is 1.39 bits per heavy atom. The molecule has 0 amide bonds. The third-order valence-corrected chi connectivity index (χ3v) is 3.65. The van der Waals surface area contributed by atoms with Crippen LogP contribution in [0.4, 0.5) is 0 Å². The third kappa shape index (κ3) is 1.63. The summed E-state index contributed by atoms with van der Waals surface area (Å²) in [5.41, 5.74) is 3.84. The predicted molar refractivity (Wildman–Crippen MR) is 70.4 cm³/mol. The summed E-state index contributed by atoms with van der Waals surface area (Å²) in [6.07, 6.45) is 6.58. The van der Waals surface area contributed by atoms with E-state index in [2.05, 4.69) is 51.3 Å². The van der Waals surface area contributed by atoms with Crippen molar-refractivity contribution in [3.05, 3.63) is 54.0 Å². The van der Waals surface area contributed by atoms with Gasteiger partial charge in [-0.1, -0.05) is 12.1 Å². The van der Waals surface area contributed by atoms with Crippen LogP contribution in [-0.2, 0) is 6.54 Å². The van der Waals surface area contributed by atoms with Gasteiger partial charge in [-0.25, -0.2) is 0 Å². The maximum absolute atomic E-state index is 4.06. The molecular weight excluding hydrogens is 222 g/mol. The smallest absolute Gasteiger partial charge is 0.0653 e. The summed E-state index contributed by atoms with van der Waals surface area (Å²) in [5.74, 6) is 0.770. The van der Waals surface area contributed by atoms with Gasteiger partial charge >= 0.3 is 0 Å². The number of aromatic nitrogens is 3. The highest BCUT2D eigenvalue weighted by Crippen LogP contribution is 2.40. The van der Waals surface area contributed by atoms with Crippen molar-refractivity contribution in [3.8, 4) is 0 Å². The van der Waals surface area contributed by atoms with Crippen molar-refractivity contribution in [2.24, 2.45) is 0 Å². The normalized spacial score (nSPS) is 15.3. The molecule has 1 radical (unpaired) electrons. The van der Waals surface area contributed by atoms with Crippen LogP contribution in [0.5, 0.6) is 0 Å². The van der Waals surface area contributed by atoms with Crippen molar-refractivity contribution in [2.45, 2.75) is 25.3 Å². The molecule has 3 heteroatoms. The SMILES string of the molecule is [c]1cc(C2CC2)n(Cc2ccc3cn[nH]c3c2)c1. The number of hydrogen-bond acceptors (Lipinski definition) is 1. The molecule has 0 unspecified atom stereocenters. The minimum atomic E-state index is 0.770. The van der Waals surface area contributed by atoms with E-state index in [1.54, 1.807) is 0 Å². The molecule has 1 aliphatic carbocycles. The van der Waals surface area contributed by atoms with Crippen LogP contribution >= 0.6 is 0 Å². The predicted octanol–water partition coefficient (Wildman–Crippen LogP) is 3.09. The summed E-state index contributed by atoms with van der Waals surface area (Å²) in [4.78, 5) is 0. The van der Waals surface area contributed by atoms with Crippen LogP contribution in [0.2, 0.25) is 0 Å². The molecule has 1 N–H and O–H groups in total. The van der Waals surface area contributed by atoms with E-state index in [1.165, 1.54) is 29.5 Å². The van der Waals surface area contributed by atoms with Crippen molar-refractivity contribution in [1.29, 1.82) is 0 Å². The largest absolute Gasteiger partial charge is 0.346 e. The number of hydrogen-bond donors (Lipinski definition) is 1. The lowest BCUT2D eigenvalue weighted by Gasteiger charge is -2.08. The molecule has 1 aromatic carbocycles. The third-order valence-electron chi connectivity index (χ3n) is 3.65. The van der Waals surface area contributed by atoms with Crippen molar-refractivity contribution < 1.29 is 0 Å². The number of rotatable bonds is 3. The molecule has 2 heterocycles. The number of fused-ring (bicyclic) bond motifs is 1. The summed E-state index contributed by atoms with van der Waals surface area (Å²) in [6, 6.07) is 11.8. The van der Waals surface area contributed by atoms with Gasteiger partial charge in [0.1, 0.15) is 0 Å². The molecule has 0 atom stereocenters. The molecule has 0 bridgehead atoms. The van der Waals surface area contributed by atoms with Gasteiger partial charge in [-0.2, -0.15) is 5.10 Å². The minimum absolute atomic E-state index is 0.770. The molecule has 1 saturated carbocycles. The molecule has 3 aromatic rings. The highest BCUT2D eigenvalue weighted by atomic mass is 15.1. The summed E-state index contributed by atoms with van der Waals surface area (Å²) in [5, 5.41) is 8.25. The Bertz CT molecular complexity index is 688. The zero-order valence-corrected chi connectivity index (χ0v) is 10.1. The van der Waals surface area contributed by atoms with Gasteiger partial charge in [0.15, 0.2) is 0 Å². The van der Waals surface area contributed by atoms with Crippen molar-refractivity contribution in [3.63, 3.8) is 0 Å². The average molecular weight is 236 g/mol. The van der Waals surface area contributed by atoms with Crippen LogP contribution in [0.15, 0.2) is 36.7 Å². The molecule has 2 aromatic heterocycles. The van der Waals surface area contributed by atoms with Gasteiger partial charge in [-0.05, 0) is 36.5 Å². The van der Waals surface area contributed by atoms with Gasteiger partial charge in [0.05, 0.1) is 11.7 Å². The molecule has 18 heavy (non-hydrogen) atoms. The monoisotopic (exact) mass is 236 g/mol. The van der Waals surface area contributed by atoms with Crippen LogP contribution in [0, 0.1) is 6.07 Å². The fourth-order valence-electron chi connectivity index (χ4n) is 2.52. The van der Waals surface area contributed by atoms with E-state index < -0.39 is 0 Å². The average Bonchev–Trinajstić information content (AvgIpc) is 2.95. The molecule has 0 aliphatic heterocycles. The lowest BCUT2D eigenvalue weighted by molar-refractivity contribution is 0.747. The van der Waals surface area contributed by atoms with Crippen LogP contribution in [0.1, 0.15) is 30.0 Å². The summed E-state index contributed by atoms with van der Waals surface area (Å²) < 4.78 is 2.31. The van der Waals surface area contributed by atoms with Gasteiger partial charge in [0.2, 0.25) is 0 Å². The van der Waals surface area contributed by atoms with E-state index in [4.69, 9.17) is 0 Å². The van der Waals surface area contributed by atoms with E-state index >= 15 is 0 Å². The standard InChI is InChI=1S/C15H14N3/c1-2-15(12-5-6-12)18(7-1)10-11-3-4-13-9-16-17-14(13)8-11/h2-4,7-9,12H,5-6,10H2,(H,16,17). The quantitative estimate of drug-likeness (QED) is 0.745. The first-order valence-corrected chi connectivity index (χ1v) is 6.38. The number of H-pyrrole nitrogens is 1. The number of nitrogens with zero attached hydrogens (tertiary/aromatic N) is 2. The maximum atomic E-state index is 4.06. The topological polar surface area (TPSA) is 33.6 Å². The lowest BCUT2D eigenvalue weighted by Crippen LogP contribution is -2.01. The molecular formula is C15H14N3. The first-order valence-electron chi connectivity index (χ1n) is 6.38. The van der Waals surface area contributed by atoms with Gasteiger partial charge in [-0.3, -0.25) is 5.10 Å². The Kier molecular flexibility index (Phi) is 2.06. The Hall–Kier alpha value is -2.03. The van der Waals surface area contributed by atoms with E-state index in [1.807, 2.05) is 6.20 Å². The van der Waals surface area contributed by atoms with Crippen molar-refractivity contribution in [1.82, 2.24) is 14.8 Å². The zero-order chi connectivity index (χ0) is 11.9. The summed E-state index contributed by atoms with van der Waals surface area (Å²) in [6.45, 7) is 0.921. The Morgan fingerprint density at radius 2 is 2.33 bits per heavy atom. The zero-order valence-electron chi connectivity index (χ0n) is 10.1. The number of nitrogens with one attached hydrogen (secondary N) is 1. The van der Waals surface area contributed by atoms with E-state index in [0.717, 1.165) is 18.0 Å². The number of benzene rings is 1. The highest BCUT2D eigenvalue weighted by molar-refractivity contribution is 5.78. The Morgan fingerprint density at radius 3 is 3.22 bits per heavy atom. The summed E-state index contributed by atoms with van der Waals surface area (Å²) >= 11 is 0. The van der Waals surface area contributed by atoms with E-state index in [-0.39, 0.29) is 0 Å². The minimum Gasteiger partial charge on any atom is -0.346 e. The van der Waals surface area contributed by atoms with Crippen LogP contribution in [0.3, 0.4) is 0 Å². The Labute approximate surface area is 105 Å².